The summed E-state index contributed by atoms with van der Waals surface area (Å²) in [6, 6.07) is 0. The Kier molecular flexibility index (Phi) is 2.71. The molecule has 0 saturated heterocycles. The van der Waals surface area contributed by atoms with Crippen molar-refractivity contribution in [2.75, 3.05) is 0 Å². The third-order valence-corrected chi connectivity index (χ3v) is 0.864. The predicted molar refractivity (Wildman–Crippen MR) is 30.7 cm³/mol. The molecule has 0 rings (SSSR count). The number of hydrogen-bond donors (Lipinski definition) is 2. The summed E-state index contributed by atoms with van der Waals surface area (Å²) in [5.74, 6) is -0.579. The van der Waals surface area contributed by atoms with Crippen molar-refractivity contribution in [2.45, 2.75) is 13.0 Å². The van der Waals surface area contributed by atoms with Crippen LogP contribution in [0.15, 0.2) is 0 Å². The van der Waals surface area contributed by atoms with Crippen LogP contribution in [0.5, 0.6) is 0 Å². The van der Waals surface area contributed by atoms with Crippen LogP contribution >= 0.6 is 12.6 Å². The molecule has 0 amide bonds. The first-order chi connectivity index (χ1) is 3.55. The second-order valence-corrected chi connectivity index (χ2v) is 1.79. The highest BCUT2D eigenvalue weighted by atomic mass is 32.1. The molecule has 0 heterocycles. The molecule has 0 spiro atoms. The maximum atomic E-state index is 10.1. The number of thiol groups is 1. The highest BCUT2D eigenvalue weighted by Gasteiger charge is 2.14. The lowest BCUT2D eigenvalue weighted by Gasteiger charge is -1.96. The lowest BCUT2D eigenvalue weighted by atomic mass is 10.3. The van der Waals surface area contributed by atoms with Crippen LogP contribution in [0.4, 0.5) is 0 Å². The van der Waals surface area contributed by atoms with Crippen molar-refractivity contribution in [3.8, 4) is 0 Å². The lowest BCUT2D eigenvalue weighted by molar-refractivity contribution is -0.132. The zero-order chi connectivity index (χ0) is 6.73. The Bertz CT molecular complexity index is 106. The van der Waals surface area contributed by atoms with Gasteiger partial charge in [0.25, 0.3) is 0 Å². The molecule has 0 aromatic rings. The van der Waals surface area contributed by atoms with Crippen LogP contribution in [0, 0.1) is 0 Å². The fourth-order valence-electron chi connectivity index (χ4n) is 0.174. The van der Waals surface area contributed by atoms with E-state index in [9.17, 15) is 9.59 Å². The van der Waals surface area contributed by atoms with Gasteiger partial charge in [-0.15, -0.1) is 12.6 Å². The minimum Gasteiger partial charge on any atom is -0.377 e. The average molecular weight is 134 g/mol. The van der Waals surface area contributed by atoms with E-state index in [4.69, 9.17) is 5.11 Å². The largest absolute Gasteiger partial charge is 0.377 e. The molecule has 8 heavy (non-hydrogen) atoms. The molecule has 3 nitrogen and oxygen atoms in total. The molecule has 0 aromatic carbocycles. The Labute approximate surface area is 52.1 Å². The fraction of sp³-hybridized carbons (Fsp3) is 0.500. The van der Waals surface area contributed by atoms with Gasteiger partial charge in [-0.2, -0.15) is 0 Å². The number of carbonyl (C=O) groups is 2. The Balaban J connectivity index is 3.83. The van der Waals surface area contributed by atoms with Gasteiger partial charge in [0.15, 0.2) is 11.9 Å². The number of aliphatic hydroxyl groups excluding tert-OH is 1. The van der Waals surface area contributed by atoms with Gasteiger partial charge in [0.05, 0.1) is 0 Å². The molecular weight excluding hydrogens is 128 g/mol. The first-order valence-corrected chi connectivity index (χ1v) is 2.41. The van der Waals surface area contributed by atoms with Crippen molar-refractivity contribution in [3.05, 3.63) is 0 Å². The summed E-state index contributed by atoms with van der Waals surface area (Å²) in [7, 11) is 0. The monoisotopic (exact) mass is 134 g/mol. The Morgan fingerprint density at radius 2 is 2.00 bits per heavy atom. The van der Waals surface area contributed by atoms with Crippen LogP contribution in [0.1, 0.15) is 6.92 Å². The van der Waals surface area contributed by atoms with E-state index < -0.39 is 17.0 Å². The van der Waals surface area contributed by atoms with E-state index in [0.29, 0.717) is 0 Å². The average Bonchev–Trinajstić information content (AvgIpc) is 1.64. The van der Waals surface area contributed by atoms with E-state index in [1.165, 1.54) is 0 Å². The Morgan fingerprint density at radius 1 is 1.62 bits per heavy atom. The summed E-state index contributed by atoms with van der Waals surface area (Å²) in [5.41, 5.74) is 0. The topological polar surface area (TPSA) is 54.4 Å². The molecule has 0 aromatic heterocycles. The van der Waals surface area contributed by atoms with Crippen LogP contribution < -0.4 is 0 Å². The van der Waals surface area contributed by atoms with Crippen molar-refractivity contribution in [1.82, 2.24) is 0 Å². The number of hydrogen-bond acceptors (Lipinski definition) is 3. The summed E-state index contributed by atoms with van der Waals surface area (Å²) < 4.78 is 0. The minimum atomic E-state index is -1.54. The molecule has 4 heteroatoms. The van der Waals surface area contributed by atoms with E-state index in [2.05, 4.69) is 12.6 Å². The summed E-state index contributed by atoms with van der Waals surface area (Å²) in [4.78, 5) is 20.0. The molecule has 0 aliphatic carbocycles. The summed E-state index contributed by atoms with van der Waals surface area (Å²) in [6.07, 6.45) is -1.54. The van der Waals surface area contributed by atoms with Crippen molar-refractivity contribution in [3.63, 3.8) is 0 Å². The smallest absolute Gasteiger partial charge is 0.222 e. The standard InChI is InChI=1S/C4H6O3S/c1-2(5)3(6)4(7)8/h3,6H,1H3,(H,7,8)/t3-/m0/s1. The van der Waals surface area contributed by atoms with Crippen molar-refractivity contribution in [1.29, 1.82) is 0 Å². The van der Waals surface area contributed by atoms with Gasteiger partial charge >= 0.3 is 0 Å². The summed E-state index contributed by atoms with van der Waals surface area (Å²) in [5, 5.41) is 7.62. The molecule has 1 atom stereocenters. The fourth-order valence-corrected chi connectivity index (χ4v) is 0.356. The third kappa shape index (κ3) is 2.09. The Morgan fingerprint density at radius 3 is 2.00 bits per heavy atom. The Hall–Kier alpha value is -0.350. The first kappa shape index (κ1) is 7.65. The SMILES string of the molecule is CC(=O)[C@H](O)C(=O)S. The van der Waals surface area contributed by atoms with E-state index in [0.717, 1.165) is 6.92 Å². The van der Waals surface area contributed by atoms with Gasteiger partial charge < -0.3 is 5.11 Å². The molecule has 0 aliphatic rings. The van der Waals surface area contributed by atoms with Gasteiger partial charge in [-0.3, -0.25) is 9.59 Å². The van der Waals surface area contributed by atoms with Gasteiger partial charge in [-0.1, -0.05) is 0 Å². The van der Waals surface area contributed by atoms with E-state index in [1.807, 2.05) is 0 Å². The van der Waals surface area contributed by atoms with Crippen LogP contribution in [0.25, 0.3) is 0 Å². The first-order valence-electron chi connectivity index (χ1n) is 1.97. The van der Waals surface area contributed by atoms with Gasteiger partial charge in [0.1, 0.15) is 0 Å². The van der Waals surface area contributed by atoms with Crippen LogP contribution in [0.2, 0.25) is 0 Å². The molecule has 0 bridgehead atoms. The van der Waals surface area contributed by atoms with Crippen molar-refractivity contribution < 1.29 is 14.7 Å². The number of Topliss-reactive ketones (excluding diaryl/α,β-unsaturated/α-hetero) is 1. The van der Waals surface area contributed by atoms with E-state index in [-0.39, 0.29) is 0 Å². The molecule has 0 saturated carbocycles. The predicted octanol–water partition coefficient (Wildman–Crippen LogP) is -0.607. The molecule has 0 unspecified atom stereocenters. The van der Waals surface area contributed by atoms with Crippen LogP contribution in [-0.2, 0) is 9.59 Å². The summed E-state index contributed by atoms with van der Waals surface area (Å²) in [6.45, 7) is 1.12. The summed E-state index contributed by atoms with van der Waals surface area (Å²) >= 11 is 3.22. The lowest BCUT2D eigenvalue weighted by Crippen LogP contribution is -2.23. The van der Waals surface area contributed by atoms with Crippen LogP contribution in [-0.4, -0.2) is 22.1 Å². The second-order valence-electron chi connectivity index (χ2n) is 1.35. The second kappa shape index (κ2) is 2.84. The zero-order valence-electron chi connectivity index (χ0n) is 4.29. The molecule has 0 fully saturated rings. The number of carbonyl (C=O) groups excluding carboxylic acids is 2. The van der Waals surface area contributed by atoms with E-state index >= 15 is 0 Å². The third-order valence-electron chi connectivity index (χ3n) is 0.619. The van der Waals surface area contributed by atoms with Crippen molar-refractivity contribution >= 4 is 23.5 Å². The van der Waals surface area contributed by atoms with Crippen LogP contribution in [0.3, 0.4) is 0 Å². The number of rotatable bonds is 2. The van der Waals surface area contributed by atoms with Gasteiger partial charge in [-0.25, -0.2) is 0 Å². The van der Waals surface area contributed by atoms with Crippen molar-refractivity contribution in [2.24, 2.45) is 0 Å². The molecular formula is C4H6O3S. The normalized spacial score (nSPS) is 12.9. The minimum absolute atomic E-state index is 0.579. The van der Waals surface area contributed by atoms with E-state index in [1.54, 1.807) is 0 Å². The zero-order valence-corrected chi connectivity index (χ0v) is 5.18. The number of ketones is 1. The maximum absolute atomic E-state index is 10.1. The van der Waals surface area contributed by atoms with Gasteiger partial charge in [0, 0.05) is 0 Å². The van der Waals surface area contributed by atoms with Gasteiger partial charge in [0.2, 0.25) is 5.12 Å². The quantitative estimate of drug-likeness (QED) is 0.391. The molecule has 1 N–H and O–H groups in total. The maximum Gasteiger partial charge on any atom is 0.222 e. The molecule has 0 aliphatic heterocycles. The highest BCUT2D eigenvalue weighted by Crippen LogP contribution is 1.89. The number of aliphatic hydroxyl groups is 1. The highest BCUT2D eigenvalue weighted by molar-refractivity contribution is 7.96. The van der Waals surface area contributed by atoms with Gasteiger partial charge in [-0.05, 0) is 6.92 Å². The molecule has 46 valence electrons. The molecule has 0 radical (unpaired) electrons.